The maximum Gasteiger partial charge on any atom is 0.0445 e. The highest BCUT2D eigenvalue weighted by atomic mass is 32.6. The summed E-state index contributed by atoms with van der Waals surface area (Å²) in [6.45, 7) is 2.35. The molecule has 0 radical (unpaired) electrons. The van der Waals surface area contributed by atoms with Gasteiger partial charge in [-0.2, -0.15) is 0 Å². The predicted octanol–water partition coefficient (Wildman–Crippen LogP) is 3.77. The van der Waals surface area contributed by atoms with Crippen molar-refractivity contribution in [2.45, 2.75) is 24.9 Å². The van der Waals surface area contributed by atoms with Crippen LogP contribution in [-0.2, 0) is 6.42 Å². The Morgan fingerprint density at radius 1 is 1.64 bits per heavy atom. The van der Waals surface area contributed by atoms with E-state index in [1.165, 1.54) is 17.7 Å². The van der Waals surface area contributed by atoms with E-state index in [-0.39, 0.29) is 7.30 Å². The summed E-state index contributed by atoms with van der Waals surface area (Å²) in [7, 11) is 7.04. The zero-order valence-electron chi connectivity index (χ0n) is 8.14. The lowest BCUT2D eigenvalue weighted by Gasteiger charge is -2.21. The Balaban J connectivity index is 2.25. The lowest BCUT2D eigenvalue weighted by Crippen LogP contribution is -2.04. The first kappa shape index (κ1) is 11.4. The molecule has 1 aliphatic rings. The second-order valence-electron chi connectivity index (χ2n) is 3.64. The van der Waals surface area contributed by atoms with E-state index in [9.17, 15) is 0 Å². The fourth-order valence-corrected chi connectivity index (χ4v) is 7.59. The molecular formula is C9H15NP4. The molecule has 6 atom stereocenters. The first-order valence-electron chi connectivity index (χ1n) is 4.68. The molecule has 5 heteroatoms. The summed E-state index contributed by atoms with van der Waals surface area (Å²) in [5.74, 6) is 0.704. The number of nitrogens with zero attached hydrogens (tertiary/aromatic N) is 1. The standard InChI is InChI=1S/C9H15NP4/c1-6-7-3-2-4-10-8(7)5-9(6)14(12)13-11/h2-4,6,9,13H,5,11-12H2,1H3. The first-order chi connectivity index (χ1) is 6.74. The van der Waals surface area contributed by atoms with Crippen LogP contribution in [0.4, 0.5) is 0 Å². The maximum atomic E-state index is 4.47. The normalized spacial score (nSPS) is 28.2. The van der Waals surface area contributed by atoms with Crippen LogP contribution < -0.4 is 0 Å². The Labute approximate surface area is 92.9 Å². The molecule has 6 unspecified atom stereocenters. The molecule has 1 aromatic rings. The van der Waals surface area contributed by atoms with Gasteiger partial charge in [0.15, 0.2) is 0 Å². The van der Waals surface area contributed by atoms with Crippen LogP contribution in [-0.4, -0.2) is 10.6 Å². The van der Waals surface area contributed by atoms with Gasteiger partial charge in [-0.1, -0.05) is 28.2 Å². The molecule has 1 aliphatic carbocycles. The number of rotatable bonds is 2. The maximum absolute atomic E-state index is 4.47. The molecule has 0 aromatic carbocycles. The lowest BCUT2D eigenvalue weighted by molar-refractivity contribution is 0.763. The SMILES string of the molecule is CC1c2cccnc2CC1P(P)PP. The fourth-order valence-electron chi connectivity index (χ4n) is 2.05. The summed E-state index contributed by atoms with van der Waals surface area (Å²) in [5.41, 5.74) is 3.65. The minimum Gasteiger partial charge on any atom is -0.261 e. The van der Waals surface area contributed by atoms with Gasteiger partial charge in [-0.15, -0.1) is 17.9 Å². The van der Waals surface area contributed by atoms with Gasteiger partial charge < -0.3 is 0 Å². The zero-order chi connectivity index (χ0) is 10.1. The number of hydrogen-bond donors (Lipinski definition) is 0. The third kappa shape index (κ3) is 2.03. The lowest BCUT2D eigenvalue weighted by atomic mass is 10.1. The summed E-state index contributed by atoms with van der Waals surface area (Å²) in [6.07, 6.45) is 3.11. The minimum absolute atomic E-state index is 0.102. The van der Waals surface area contributed by atoms with Crippen LogP contribution in [0, 0.1) is 0 Å². The Kier molecular flexibility index (Phi) is 3.90. The summed E-state index contributed by atoms with van der Waals surface area (Å²) in [6, 6.07) is 4.30. The molecule has 0 saturated carbocycles. The van der Waals surface area contributed by atoms with Gasteiger partial charge in [0.1, 0.15) is 0 Å². The molecule has 76 valence electrons. The summed E-state index contributed by atoms with van der Waals surface area (Å²) in [5, 5.41) is 0. The average molecular weight is 261 g/mol. The van der Waals surface area contributed by atoms with Crippen LogP contribution >= 0.6 is 33.1 Å². The van der Waals surface area contributed by atoms with E-state index in [0.29, 0.717) is 5.92 Å². The van der Waals surface area contributed by atoms with Crippen LogP contribution in [0.1, 0.15) is 24.1 Å². The molecular weight excluding hydrogens is 246 g/mol. The largest absolute Gasteiger partial charge is 0.261 e. The van der Waals surface area contributed by atoms with Gasteiger partial charge in [0.25, 0.3) is 0 Å². The third-order valence-electron chi connectivity index (χ3n) is 2.90. The Hall–Kier alpha value is 0.870. The van der Waals surface area contributed by atoms with Crippen molar-refractivity contribution in [3.8, 4) is 0 Å². The molecule has 0 saturated heterocycles. The van der Waals surface area contributed by atoms with Crippen molar-refractivity contribution < 1.29 is 0 Å². The summed E-state index contributed by atoms with van der Waals surface area (Å²) < 4.78 is 0. The van der Waals surface area contributed by atoms with E-state index in [1.807, 2.05) is 6.20 Å². The van der Waals surface area contributed by atoms with Gasteiger partial charge in [-0.25, -0.2) is 0 Å². The summed E-state index contributed by atoms with van der Waals surface area (Å²) in [4.78, 5) is 4.47. The van der Waals surface area contributed by atoms with Crippen molar-refractivity contribution in [2.24, 2.45) is 0 Å². The Bertz CT molecular complexity index is 330. The van der Waals surface area contributed by atoms with Crippen LogP contribution in [0.15, 0.2) is 18.3 Å². The van der Waals surface area contributed by atoms with Crippen molar-refractivity contribution in [2.75, 3.05) is 0 Å². The highest BCUT2D eigenvalue weighted by molar-refractivity contribution is 8.61. The Morgan fingerprint density at radius 2 is 2.43 bits per heavy atom. The molecule has 1 heterocycles. The number of hydrogen-bond acceptors (Lipinski definition) is 1. The first-order valence-corrected chi connectivity index (χ1v) is 11.4. The fraction of sp³-hybridized carbons (Fsp3) is 0.444. The second-order valence-corrected chi connectivity index (χ2v) is 13.2. The number of fused-ring (bicyclic) bond motifs is 1. The van der Waals surface area contributed by atoms with Crippen molar-refractivity contribution in [3.63, 3.8) is 0 Å². The molecule has 0 amide bonds. The second kappa shape index (κ2) is 4.80. The molecule has 0 fully saturated rings. The monoisotopic (exact) mass is 261 g/mol. The van der Waals surface area contributed by atoms with Crippen LogP contribution in [0.2, 0.25) is 0 Å². The molecule has 0 bridgehead atoms. The predicted molar refractivity (Wildman–Crippen MR) is 74.8 cm³/mol. The van der Waals surface area contributed by atoms with E-state index in [2.05, 4.69) is 41.9 Å². The van der Waals surface area contributed by atoms with Gasteiger partial charge in [0.05, 0.1) is 0 Å². The van der Waals surface area contributed by atoms with Gasteiger partial charge >= 0.3 is 0 Å². The van der Waals surface area contributed by atoms with Crippen LogP contribution in [0.3, 0.4) is 0 Å². The quantitative estimate of drug-likeness (QED) is 0.738. The van der Waals surface area contributed by atoms with Crippen molar-refractivity contribution >= 4 is 33.1 Å². The highest BCUT2D eigenvalue weighted by Crippen LogP contribution is 2.72. The van der Waals surface area contributed by atoms with Crippen molar-refractivity contribution in [1.29, 1.82) is 0 Å². The molecule has 1 aromatic heterocycles. The molecule has 0 aliphatic heterocycles. The zero-order valence-corrected chi connectivity index (χ0v) is 12.3. The van der Waals surface area contributed by atoms with Crippen molar-refractivity contribution in [3.05, 3.63) is 29.6 Å². The number of pyridine rings is 1. The minimum atomic E-state index is 0.102. The third-order valence-corrected chi connectivity index (χ3v) is 14.3. The molecule has 14 heavy (non-hydrogen) atoms. The average Bonchev–Trinajstić information content (AvgIpc) is 2.56. The van der Waals surface area contributed by atoms with E-state index < -0.39 is 0 Å². The Morgan fingerprint density at radius 3 is 3.07 bits per heavy atom. The highest BCUT2D eigenvalue weighted by Gasteiger charge is 2.32. The number of aromatic nitrogens is 1. The van der Waals surface area contributed by atoms with Crippen LogP contribution in [0.5, 0.6) is 0 Å². The van der Waals surface area contributed by atoms with E-state index in [1.54, 1.807) is 0 Å². The molecule has 2 rings (SSSR count). The van der Waals surface area contributed by atoms with E-state index in [0.717, 1.165) is 13.6 Å². The van der Waals surface area contributed by atoms with Gasteiger partial charge in [-0.05, 0) is 29.6 Å². The van der Waals surface area contributed by atoms with E-state index in [4.69, 9.17) is 0 Å². The topological polar surface area (TPSA) is 12.9 Å². The van der Waals surface area contributed by atoms with E-state index >= 15 is 0 Å². The van der Waals surface area contributed by atoms with Crippen LogP contribution in [0.25, 0.3) is 0 Å². The smallest absolute Gasteiger partial charge is 0.0445 e. The van der Waals surface area contributed by atoms with Crippen molar-refractivity contribution in [1.82, 2.24) is 4.98 Å². The summed E-state index contributed by atoms with van der Waals surface area (Å²) >= 11 is 0. The van der Waals surface area contributed by atoms with Gasteiger partial charge in [-0.3, -0.25) is 4.98 Å². The molecule has 0 N–H and O–H groups in total. The molecule has 1 nitrogen and oxygen atoms in total. The van der Waals surface area contributed by atoms with Gasteiger partial charge in [0.2, 0.25) is 0 Å². The van der Waals surface area contributed by atoms with Gasteiger partial charge in [0, 0.05) is 11.9 Å². The molecule has 0 spiro atoms.